The maximum Gasteiger partial charge on any atom is 0.243 e. The van der Waals surface area contributed by atoms with Gasteiger partial charge in [0.25, 0.3) is 0 Å². The van der Waals surface area contributed by atoms with Crippen LogP contribution in [-0.2, 0) is 14.8 Å². The van der Waals surface area contributed by atoms with Crippen LogP contribution in [0.5, 0.6) is 0 Å². The molecule has 0 bridgehead atoms. The van der Waals surface area contributed by atoms with E-state index >= 15 is 0 Å². The lowest BCUT2D eigenvalue weighted by Crippen LogP contribution is -2.36. The van der Waals surface area contributed by atoms with E-state index in [0.29, 0.717) is 37.0 Å². The lowest BCUT2D eigenvalue weighted by Gasteiger charge is -2.23. The Bertz CT molecular complexity index is 890. The van der Waals surface area contributed by atoms with Crippen LogP contribution in [0.2, 0.25) is 0 Å². The Balaban J connectivity index is 1.46. The lowest BCUT2D eigenvalue weighted by atomic mass is 9.97. The van der Waals surface area contributed by atoms with Crippen LogP contribution in [-0.4, -0.2) is 54.0 Å². The van der Waals surface area contributed by atoms with E-state index in [-0.39, 0.29) is 6.04 Å². The first-order valence-electron chi connectivity index (χ1n) is 8.72. The number of nitrogens with one attached hydrogen (secondary N) is 1. The van der Waals surface area contributed by atoms with Gasteiger partial charge in [0, 0.05) is 31.9 Å². The molecule has 0 saturated carbocycles. The van der Waals surface area contributed by atoms with Crippen LogP contribution in [0.1, 0.15) is 18.4 Å². The van der Waals surface area contributed by atoms with Gasteiger partial charge in [-0.1, -0.05) is 18.2 Å². The van der Waals surface area contributed by atoms with E-state index in [1.54, 1.807) is 34.9 Å². The second kappa shape index (κ2) is 6.61. The SMILES string of the molecule is Cc1ccccc1S(=O)(=O)N1CC[C@]2(C[C@H](Nc3ncccn3)CO2)C1. The van der Waals surface area contributed by atoms with Gasteiger partial charge in [-0.3, -0.25) is 0 Å². The molecular weight excluding hydrogens is 352 g/mol. The van der Waals surface area contributed by atoms with Crippen molar-refractivity contribution in [1.29, 1.82) is 0 Å². The molecule has 8 heteroatoms. The van der Waals surface area contributed by atoms with Gasteiger partial charge in [0.15, 0.2) is 0 Å². The number of sulfonamides is 1. The molecule has 0 amide bonds. The Kier molecular flexibility index (Phi) is 4.42. The molecule has 138 valence electrons. The van der Waals surface area contributed by atoms with E-state index in [1.807, 2.05) is 19.1 Å². The summed E-state index contributed by atoms with van der Waals surface area (Å²) in [5.41, 5.74) is 0.337. The largest absolute Gasteiger partial charge is 0.371 e. The molecule has 0 aliphatic carbocycles. The molecule has 7 nitrogen and oxygen atoms in total. The van der Waals surface area contributed by atoms with Gasteiger partial charge in [0.05, 0.1) is 23.1 Å². The highest BCUT2D eigenvalue weighted by molar-refractivity contribution is 7.89. The van der Waals surface area contributed by atoms with Crippen molar-refractivity contribution in [3.05, 3.63) is 48.3 Å². The average Bonchev–Trinajstić information content (AvgIpc) is 3.23. The highest BCUT2D eigenvalue weighted by Gasteiger charge is 2.48. The second-order valence-electron chi connectivity index (χ2n) is 6.97. The van der Waals surface area contributed by atoms with Crippen LogP contribution in [0.3, 0.4) is 0 Å². The topological polar surface area (TPSA) is 84.4 Å². The average molecular weight is 374 g/mol. The van der Waals surface area contributed by atoms with E-state index in [1.165, 1.54) is 0 Å². The normalized spacial score (nSPS) is 26.4. The van der Waals surface area contributed by atoms with E-state index in [4.69, 9.17) is 4.74 Å². The molecule has 2 aliphatic heterocycles. The Labute approximate surface area is 153 Å². The molecule has 2 saturated heterocycles. The van der Waals surface area contributed by atoms with E-state index in [0.717, 1.165) is 12.0 Å². The smallest absolute Gasteiger partial charge is 0.243 e. The number of benzene rings is 1. The zero-order chi connectivity index (χ0) is 18.2. The number of ether oxygens (including phenoxy) is 1. The summed E-state index contributed by atoms with van der Waals surface area (Å²) in [5, 5.41) is 3.27. The molecule has 2 atom stereocenters. The number of aromatic nitrogens is 2. The molecule has 2 aliphatic rings. The van der Waals surface area contributed by atoms with Crippen LogP contribution in [0.4, 0.5) is 5.95 Å². The number of hydrogen-bond donors (Lipinski definition) is 1. The van der Waals surface area contributed by atoms with E-state index < -0.39 is 15.6 Å². The monoisotopic (exact) mass is 374 g/mol. The maximum absolute atomic E-state index is 13.0. The van der Waals surface area contributed by atoms with Crippen molar-refractivity contribution in [2.45, 2.75) is 36.3 Å². The number of hydrogen-bond acceptors (Lipinski definition) is 6. The van der Waals surface area contributed by atoms with Crippen molar-refractivity contribution in [3.63, 3.8) is 0 Å². The second-order valence-corrected chi connectivity index (χ2v) is 8.87. The Morgan fingerprint density at radius 3 is 2.77 bits per heavy atom. The predicted molar refractivity (Wildman–Crippen MR) is 97.3 cm³/mol. The first-order valence-corrected chi connectivity index (χ1v) is 10.2. The Morgan fingerprint density at radius 1 is 1.23 bits per heavy atom. The Morgan fingerprint density at radius 2 is 2.00 bits per heavy atom. The maximum atomic E-state index is 13.0. The molecule has 0 unspecified atom stereocenters. The summed E-state index contributed by atoms with van der Waals surface area (Å²) in [6.45, 7) is 3.21. The third kappa shape index (κ3) is 3.20. The van der Waals surface area contributed by atoms with Gasteiger partial charge in [-0.2, -0.15) is 4.31 Å². The van der Waals surface area contributed by atoms with Gasteiger partial charge in [0.2, 0.25) is 16.0 Å². The third-order valence-corrected chi connectivity index (χ3v) is 7.11. The van der Waals surface area contributed by atoms with Gasteiger partial charge in [0.1, 0.15) is 0 Å². The summed E-state index contributed by atoms with van der Waals surface area (Å²) in [7, 11) is -3.50. The van der Waals surface area contributed by atoms with E-state index in [2.05, 4.69) is 15.3 Å². The lowest BCUT2D eigenvalue weighted by molar-refractivity contribution is 0.0173. The van der Waals surface area contributed by atoms with Crippen LogP contribution >= 0.6 is 0 Å². The summed E-state index contributed by atoms with van der Waals surface area (Å²) in [4.78, 5) is 8.73. The fourth-order valence-corrected chi connectivity index (χ4v) is 5.52. The molecule has 1 N–H and O–H groups in total. The minimum absolute atomic E-state index is 0.0820. The molecular formula is C18H22N4O3S. The molecule has 1 spiro atoms. The standard InChI is InChI=1S/C18H22N4O3S/c1-14-5-2-3-6-16(14)26(23,24)22-10-7-18(13-22)11-15(12-25-18)21-17-19-8-4-9-20-17/h2-6,8-9,15H,7,10-13H2,1H3,(H,19,20,21)/t15-,18-/m0/s1. The van der Waals surface area contributed by atoms with Crippen molar-refractivity contribution in [2.75, 3.05) is 25.0 Å². The summed E-state index contributed by atoms with van der Waals surface area (Å²) in [6.07, 6.45) is 4.82. The first kappa shape index (κ1) is 17.4. The predicted octanol–water partition coefficient (Wildman–Crippen LogP) is 1.82. The summed E-state index contributed by atoms with van der Waals surface area (Å²) >= 11 is 0. The fourth-order valence-electron chi connectivity index (χ4n) is 3.78. The third-order valence-electron chi connectivity index (χ3n) is 5.10. The number of rotatable bonds is 4. The quantitative estimate of drug-likeness (QED) is 0.879. The van der Waals surface area contributed by atoms with Crippen LogP contribution in [0.25, 0.3) is 0 Å². The Hall–Kier alpha value is -2.03. The minimum Gasteiger partial charge on any atom is -0.371 e. The molecule has 1 aromatic heterocycles. The first-order chi connectivity index (χ1) is 12.5. The van der Waals surface area contributed by atoms with Crippen molar-refractivity contribution >= 4 is 16.0 Å². The molecule has 26 heavy (non-hydrogen) atoms. The molecule has 4 rings (SSSR count). The molecule has 3 heterocycles. The molecule has 0 radical (unpaired) electrons. The van der Waals surface area contributed by atoms with Gasteiger partial charge in [-0.25, -0.2) is 18.4 Å². The van der Waals surface area contributed by atoms with Crippen LogP contribution < -0.4 is 5.32 Å². The van der Waals surface area contributed by atoms with Gasteiger partial charge < -0.3 is 10.1 Å². The van der Waals surface area contributed by atoms with Gasteiger partial charge in [-0.15, -0.1) is 0 Å². The number of aryl methyl sites for hydroxylation is 1. The van der Waals surface area contributed by atoms with Crippen LogP contribution in [0.15, 0.2) is 47.6 Å². The highest BCUT2D eigenvalue weighted by atomic mass is 32.2. The summed E-state index contributed by atoms with van der Waals surface area (Å²) in [5.74, 6) is 0.570. The molecule has 1 aromatic carbocycles. The summed E-state index contributed by atoms with van der Waals surface area (Å²) in [6, 6.07) is 8.95. The zero-order valence-electron chi connectivity index (χ0n) is 14.6. The zero-order valence-corrected chi connectivity index (χ0v) is 15.4. The summed E-state index contributed by atoms with van der Waals surface area (Å²) < 4.78 is 33.6. The van der Waals surface area contributed by atoms with Gasteiger partial charge >= 0.3 is 0 Å². The van der Waals surface area contributed by atoms with Crippen molar-refractivity contribution in [2.24, 2.45) is 0 Å². The van der Waals surface area contributed by atoms with E-state index in [9.17, 15) is 8.42 Å². The molecule has 2 aromatic rings. The number of anilines is 1. The van der Waals surface area contributed by atoms with Crippen LogP contribution in [0, 0.1) is 6.92 Å². The highest BCUT2D eigenvalue weighted by Crippen LogP contribution is 2.38. The fraction of sp³-hybridized carbons (Fsp3) is 0.444. The van der Waals surface area contributed by atoms with Crippen molar-refractivity contribution in [3.8, 4) is 0 Å². The molecule has 2 fully saturated rings. The van der Waals surface area contributed by atoms with Gasteiger partial charge in [-0.05, 0) is 31.0 Å². The van der Waals surface area contributed by atoms with Crippen molar-refractivity contribution in [1.82, 2.24) is 14.3 Å². The minimum atomic E-state index is -3.50. The van der Waals surface area contributed by atoms with Crippen molar-refractivity contribution < 1.29 is 13.2 Å². The number of nitrogens with zero attached hydrogens (tertiary/aromatic N) is 3.